The third-order valence-electron chi connectivity index (χ3n) is 4.90. The summed E-state index contributed by atoms with van der Waals surface area (Å²) in [6.07, 6.45) is 1.65. The van der Waals surface area contributed by atoms with E-state index in [0.29, 0.717) is 28.4 Å². The van der Waals surface area contributed by atoms with E-state index in [0.717, 1.165) is 20.9 Å². The minimum atomic E-state index is -0.156. The molecule has 2 aromatic carbocycles. The number of hydrogen-bond donors (Lipinski definition) is 1. The first-order chi connectivity index (χ1) is 15.5. The van der Waals surface area contributed by atoms with E-state index in [2.05, 4.69) is 27.1 Å². The molecule has 0 radical (unpaired) electrons. The molecule has 1 amide bonds. The van der Waals surface area contributed by atoms with Gasteiger partial charge in [0.15, 0.2) is 5.16 Å². The van der Waals surface area contributed by atoms with E-state index in [9.17, 15) is 9.59 Å². The van der Waals surface area contributed by atoms with Gasteiger partial charge in [0.25, 0.3) is 5.56 Å². The lowest BCUT2D eigenvalue weighted by molar-refractivity contribution is -0.113. The summed E-state index contributed by atoms with van der Waals surface area (Å²) in [5, 5.41) is 13.5. The molecule has 32 heavy (non-hydrogen) atoms. The van der Waals surface area contributed by atoms with Crippen LogP contribution in [-0.2, 0) is 11.3 Å². The van der Waals surface area contributed by atoms with E-state index in [1.54, 1.807) is 23.5 Å². The molecule has 0 aliphatic heterocycles. The minimum absolute atomic E-state index is 0.148. The number of anilines is 1. The molecule has 0 bridgehead atoms. The van der Waals surface area contributed by atoms with Crippen LogP contribution in [0.25, 0.3) is 26.9 Å². The number of aryl methyl sites for hydroxylation is 1. The lowest BCUT2D eigenvalue weighted by atomic mass is 10.2. The number of aromatic nitrogens is 5. The van der Waals surface area contributed by atoms with E-state index in [4.69, 9.17) is 0 Å². The monoisotopic (exact) mass is 462 g/mol. The Hall–Kier alpha value is -3.50. The lowest BCUT2D eigenvalue weighted by Crippen LogP contribution is -2.22. The van der Waals surface area contributed by atoms with Crippen molar-refractivity contribution in [3.63, 3.8) is 0 Å². The molecule has 8 nitrogen and oxygen atoms in total. The zero-order valence-corrected chi connectivity index (χ0v) is 18.7. The molecule has 5 aromatic rings. The summed E-state index contributed by atoms with van der Waals surface area (Å²) >= 11 is 2.86. The first kappa shape index (κ1) is 20.4. The number of nitrogens with zero attached hydrogens (tertiary/aromatic N) is 5. The van der Waals surface area contributed by atoms with Crippen molar-refractivity contribution >= 4 is 61.6 Å². The fourth-order valence-corrected chi connectivity index (χ4v) is 5.17. The van der Waals surface area contributed by atoms with Crippen LogP contribution in [0.1, 0.15) is 5.01 Å². The number of allylic oxidation sites excluding steroid dienone is 1. The number of para-hydroxylation sites is 1. The molecule has 5 rings (SSSR count). The van der Waals surface area contributed by atoms with Crippen molar-refractivity contribution in [1.29, 1.82) is 0 Å². The maximum atomic E-state index is 12.9. The Morgan fingerprint density at radius 1 is 1.25 bits per heavy atom. The summed E-state index contributed by atoms with van der Waals surface area (Å²) in [6, 6.07) is 13.0. The Balaban J connectivity index is 1.43. The predicted octanol–water partition coefficient (Wildman–Crippen LogP) is 3.88. The second kappa shape index (κ2) is 8.21. The smallest absolute Gasteiger partial charge is 0.263 e. The number of carbonyl (C=O) groups is 1. The molecule has 0 aliphatic carbocycles. The Kier molecular flexibility index (Phi) is 5.24. The molecule has 3 aromatic heterocycles. The van der Waals surface area contributed by atoms with Crippen molar-refractivity contribution in [3.8, 4) is 0 Å². The molecular formula is C22H18N6O2S2. The molecule has 10 heteroatoms. The van der Waals surface area contributed by atoms with E-state index in [-0.39, 0.29) is 17.2 Å². The first-order valence-electron chi connectivity index (χ1n) is 9.82. The van der Waals surface area contributed by atoms with Gasteiger partial charge in [0.2, 0.25) is 11.7 Å². The summed E-state index contributed by atoms with van der Waals surface area (Å²) in [6.45, 7) is 6.01. The topological polar surface area (TPSA) is 94.2 Å². The highest BCUT2D eigenvalue weighted by molar-refractivity contribution is 7.99. The molecule has 0 saturated heterocycles. The van der Waals surface area contributed by atoms with Gasteiger partial charge in [-0.1, -0.05) is 30.0 Å². The van der Waals surface area contributed by atoms with Crippen LogP contribution >= 0.6 is 23.1 Å². The Bertz CT molecular complexity index is 1570. The minimum Gasteiger partial charge on any atom is -0.325 e. The second-order valence-corrected chi connectivity index (χ2v) is 9.27. The third kappa shape index (κ3) is 3.57. The fourth-order valence-electron chi connectivity index (χ4n) is 3.57. The second-order valence-electron chi connectivity index (χ2n) is 7.09. The standard InChI is InChI=1S/C22H18N6O2S2/c1-3-10-27-20(30)15-6-4-5-7-17(15)28-21(27)25-26-22(28)31-12-19(29)24-14-8-9-16-18(11-14)32-13(2)23-16/h3-9,11H,1,10,12H2,2H3,(H,24,29). The van der Waals surface area contributed by atoms with Crippen molar-refractivity contribution in [2.24, 2.45) is 0 Å². The maximum Gasteiger partial charge on any atom is 0.263 e. The van der Waals surface area contributed by atoms with Crippen LogP contribution in [0.4, 0.5) is 5.69 Å². The normalized spacial score (nSPS) is 11.4. The van der Waals surface area contributed by atoms with E-state index >= 15 is 0 Å². The maximum absolute atomic E-state index is 12.9. The molecule has 0 saturated carbocycles. The first-order valence-corrected chi connectivity index (χ1v) is 11.6. The van der Waals surface area contributed by atoms with Crippen molar-refractivity contribution in [2.45, 2.75) is 18.6 Å². The van der Waals surface area contributed by atoms with Gasteiger partial charge in [-0.25, -0.2) is 4.98 Å². The zero-order chi connectivity index (χ0) is 22.2. The summed E-state index contributed by atoms with van der Waals surface area (Å²) < 4.78 is 4.37. The van der Waals surface area contributed by atoms with Gasteiger partial charge in [0.1, 0.15) is 0 Å². The largest absolute Gasteiger partial charge is 0.325 e. The predicted molar refractivity (Wildman–Crippen MR) is 129 cm³/mol. The number of amides is 1. The molecule has 0 fully saturated rings. The molecule has 160 valence electrons. The van der Waals surface area contributed by atoms with E-state index < -0.39 is 0 Å². The number of carbonyl (C=O) groups excluding carboxylic acids is 1. The summed E-state index contributed by atoms with van der Waals surface area (Å²) in [7, 11) is 0. The van der Waals surface area contributed by atoms with Gasteiger partial charge in [0, 0.05) is 12.2 Å². The van der Waals surface area contributed by atoms with Crippen molar-refractivity contribution in [3.05, 3.63) is 70.5 Å². The molecule has 0 unspecified atom stereocenters. The van der Waals surface area contributed by atoms with Crippen molar-refractivity contribution in [1.82, 2.24) is 24.1 Å². The van der Waals surface area contributed by atoms with Crippen LogP contribution in [0, 0.1) is 6.92 Å². The molecule has 0 atom stereocenters. The fraction of sp³-hybridized carbons (Fsp3) is 0.136. The average molecular weight is 463 g/mol. The van der Waals surface area contributed by atoms with E-state index in [1.807, 2.05) is 47.7 Å². The number of benzene rings is 2. The van der Waals surface area contributed by atoms with Gasteiger partial charge < -0.3 is 5.32 Å². The van der Waals surface area contributed by atoms with Gasteiger partial charge in [-0.15, -0.1) is 28.1 Å². The average Bonchev–Trinajstić information content (AvgIpc) is 3.37. The molecule has 0 aliphatic rings. The molecule has 1 N–H and O–H groups in total. The van der Waals surface area contributed by atoms with Crippen molar-refractivity contribution < 1.29 is 4.79 Å². The number of hydrogen-bond acceptors (Lipinski definition) is 7. The number of thioether (sulfide) groups is 1. The van der Waals surface area contributed by atoms with Crippen LogP contribution in [0.3, 0.4) is 0 Å². The highest BCUT2D eigenvalue weighted by Gasteiger charge is 2.17. The summed E-state index contributed by atoms with van der Waals surface area (Å²) in [5.74, 6) is 0.411. The van der Waals surface area contributed by atoms with Gasteiger partial charge >= 0.3 is 0 Å². The van der Waals surface area contributed by atoms with Gasteiger partial charge in [-0.05, 0) is 37.3 Å². The molecule has 0 spiro atoms. The number of fused-ring (bicyclic) bond motifs is 4. The van der Waals surface area contributed by atoms with Crippen LogP contribution in [0.5, 0.6) is 0 Å². The third-order valence-corrected chi connectivity index (χ3v) is 6.76. The quantitative estimate of drug-likeness (QED) is 0.304. The van der Waals surface area contributed by atoms with Gasteiger partial charge in [0.05, 0.1) is 31.9 Å². The highest BCUT2D eigenvalue weighted by Crippen LogP contribution is 2.25. The Morgan fingerprint density at radius 3 is 2.94 bits per heavy atom. The number of rotatable bonds is 6. The van der Waals surface area contributed by atoms with E-state index in [1.165, 1.54) is 16.3 Å². The summed E-state index contributed by atoms with van der Waals surface area (Å²) in [4.78, 5) is 29.9. The van der Waals surface area contributed by atoms with Crippen LogP contribution < -0.4 is 10.9 Å². The Labute approximate surface area is 190 Å². The van der Waals surface area contributed by atoms with Gasteiger partial charge in [-0.2, -0.15) is 0 Å². The van der Waals surface area contributed by atoms with Crippen LogP contribution in [0.15, 0.2) is 65.1 Å². The lowest BCUT2D eigenvalue weighted by Gasteiger charge is -2.09. The van der Waals surface area contributed by atoms with Crippen molar-refractivity contribution in [2.75, 3.05) is 11.1 Å². The zero-order valence-electron chi connectivity index (χ0n) is 17.1. The number of nitrogens with one attached hydrogen (secondary N) is 1. The SMILES string of the molecule is C=CCn1c(=O)c2ccccc2n2c(SCC(=O)Nc3ccc4nc(C)sc4c3)nnc12. The van der Waals surface area contributed by atoms with Crippen LogP contribution in [0.2, 0.25) is 0 Å². The van der Waals surface area contributed by atoms with Gasteiger partial charge in [-0.3, -0.25) is 18.6 Å². The molecular weight excluding hydrogens is 444 g/mol. The molecule has 3 heterocycles. The Morgan fingerprint density at radius 2 is 2.09 bits per heavy atom. The summed E-state index contributed by atoms with van der Waals surface area (Å²) in [5.41, 5.74) is 2.20. The highest BCUT2D eigenvalue weighted by atomic mass is 32.2. The number of thiazole rings is 1. The van der Waals surface area contributed by atoms with Crippen LogP contribution in [-0.4, -0.2) is 35.8 Å².